The van der Waals surface area contributed by atoms with Crippen molar-refractivity contribution in [3.05, 3.63) is 48.7 Å². The summed E-state index contributed by atoms with van der Waals surface area (Å²) in [6, 6.07) is 12.9. The van der Waals surface area contributed by atoms with Gasteiger partial charge in [0.1, 0.15) is 12.7 Å². The lowest BCUT2D eigenvalue weighted by Crippen LogP contribution is -2.46. The van der Waals surface area contributed by atoms with Crippen molar-refractivity contribution in [2.24, 2.45) is 0 Å². The topological polar surface area (TPSA) is 60.9 Å². The molecule has 0 N–H and O–H groups in total. The number of ether oxygens (including phenoxy) is 3. The monoisotopic (exact) mass is 326 g/mol. The molecule has 3 heterocycles. The first-order valence-electron chi connectivity index (χ1n) is 8.04. The Hall–Kier alpha value is -2.76. The molecule has 1 amide bonds. The Kier molecular flexibility index (Phi) is 3.94. The van der Waals surface area contributed by atoms with Crippen molar-refractivity contribution in [3.8, 4) is 17.4 Å². The molecule has 0 spiro atoms. The zero-order chi connectivity index (χ0) is 16.4. The average molecular weight is 326 g/mol. The van der Waals surface area contributed by atoms with Crippen LogP contribution in [0.5, 0.6) is 17.4 Å². The second-order valence-electron chi connectivity index (χ2n) is 5.84. The molecule has 0 aliphatic carbocycles. The summed E-state index contributed by atoms with van der Waals surface area (Å²) in [6.07, 6.45) is 1.83. The van der Waals surface area contributed by atoms with Crippen LogP contribution in [0.25, 0.3) is 0 Å². The van der Waals surface area contributed by atoms with E-state index in [0.717, 1.165) is 6.42 Å². The molecule has 0 saturated carbocycles. The molecule has 6 nitrogen and oxygen atoms in total. The summed E-state index contributed by atoms with van der Waals surface area (Å²) < 4.78 is 17.2. The molecule has 124 valence electrons. The quantitative estimate of drug-likeness (QED) is 0.862. The first-order chi connectivity index (χ1) is 11.8. The summed E-state index contributed by atoms with van der Waals surface area (Å²) in [4.78, 5) is 18.6. The highest BCUT2D eigenvalue weighted by Gasteiger charge is 2.35. The fourth-order valence-electron chi connectivity index (χ4n) is 2.96. The van der Waals surface area contributed by atoms with E-state index in [2.05, 4.69) is 4.98 Å². The van der Waals surface area contributed by atoms with Gasteiger partial charge in [-0.15, -0.1) is 0 Å². The van der Waals surface area contributed by atoms with E-state index in [1.165, 1.54) is 0 Å². The predicted molar refractivity (Wildman–Crippen MR) is 86.2 cm³/mol. The number of amides is 1. The standard InChI is InChI=1S/C18H18N2O4/c21-18(16-12-22-14-5-1-2-6-15(14)24-16)20-10-8-13(11-20)23-17-7-3-4-9-19-17/h1-7,9,13,16H,8,10-12H2. The van der Waals surface area contributed by atoms with E-state index in [9.17, 15) is 4.79 Å². The first kappa shape index (κ1) is 14.8. The van der Waals surface area contributed by atoms with Crippen LogP contribution in [0.3, 0.4) is 0 Å². The Morgan fingerprint density at radius 1 is 1.17 bits per heavy atom. The SMILES string of the molecule is O=C(C1COc2ccccc2O1)N1CCC(Oc2ccccn2)C1. The Bertz CT molecular complexity index is 722. The Balaban J connectivity index is 1.36. The Morgan fingerprint density at radius 2 is 2.00 bits per heavy atom. The molecule has 0 bridgehead atoms. The van der Waals surface area contributed by atoms with Gasteiger partial charge in [-0.2, -0.15) is 0 Å². The van der Waals surface area contributed by atoms with Gasteiger partial charge >= 0.3 is 0 Å². The highest BCUT2D eigenvalue weighted by Crippen LogP contribution is 2.31. The van der Waals surface area contributed by atoms with Crippen molar-refractivity contribution in [3.63, 3.8) is 0 Å². The van der Waals surface area contributed by atoms with Crippen LogP contribution in [-0.4, -0.2) is 47.7 Å². The normalized spacial score (nSPS) is 22.2. The van der Waals surface area contributed by atoms with Crippen LogP contribution < -0.4 is 14.2 Å². The number of rotatable bonds is 3. The van der Waals surface area contributed by atoms with Gasteiger partial charge in [0.25, 0.3) is 5.91 Å². The molecule has 2 unspecified atom stereocenters. The second kappa shape index (κ2) is 6.39. The molecule has 1 aromatic carbocycles. The van der Waals surface area contributed by atoms with Crippen molar-refractivity contribution in [2.45, 2.75) is 18.6 Å². The van der Waals surface area contributed by atoms with Crippen LogP contribution in [0.4, 0.5) is 0 Å². The molecule has 1 fully saturated rings. The number of para-hydroxylation sites is 2. The predicted octanol–water partition coefficient (Wildman–Crippen LogP) is 1.90. The number of benzene rings is 1. The van der Waals surface area contributed by atoms with Gasteiger partial charge < -0.3 is 19.1 Å². The van der Waals surface area contributed by atoms with E-state index < -0.39 is 6.10 Å². The third kappa shape index (κ3) is 2.99. The third-order valence-corrected chi connectivity index (χ3v) is 4.17. The molecule has 6 heteroatoms. The number of likely N-dealkylation sites (tertiary alicyclic amines) is 1. The van der Waals surface area contributed by atoms with Crippen molar-refractivity contribution >= 4 is 5.91 Å². The molecule has 1 saturated heterocycles. The average Bonchev–Trinajstić information content (AvgIpc) is 3.10. The van der Waals surface area contributed by atoms with Gasteiger partial charge in [0.15, 0.2) is 11.5 Å². The minimum absolute atomic E-state index is 0.0411. The number of carbonyl (C=O) groups excluding carboxylic acids is 1. The lowest BCUT2D eigenvalue weighted by Gasteiger charge is -2.28. The summed E-state index contributed by atoms with van der Waals surface area (Å²) in [5, 5.41) is 0. The van der Waals surface area contributed by atoms with E-state index in [-0.39, 0.29) is 18.6 Å². The summed E-state index contributed by atoms with van der Waals surface area (Å²) in [7, 11) is 0. The van der Waals surface area contributed by atoms with E-state index in [4.69, 9.17) is 14.2 Å². The highest BCUT2D eigenvalue weighted by atomic mass is 16.6. The van der Waals surface area contributed by atoms with Crippen LogP contribution in [0.2, 0.25) is 0 Å². The highest BCUT2D eigenvalue weighted by molar-refractivity contribution is 5.82. The number of hydrogen-bond acceptors (Lipinski definition) is 5. The molecule has 24 heavy (non-hydrogen) atoms. The number of fused-ring (bicyclic) bond motifs is 1. The van der Waals surface area contributed by atoms with E-state index in [1.54, 1.807) is 11.1 Å². The molecule has 4 rings (SSSR count). The maximum atomic E-state index is 12.7. The molecular formula is C18H18N2O4. The Labute approximate surface area is 140 Å². The van der Waals surface area contributed by atoms with Crippen LogP contribution in [0.15, 0.2) is 48.7 Å². The molecule has 2 aliphatic rings. The smallest absolute Gasteiger partial charge is 0.267 e. The van der Waals surface area contributed by atoms with Crippen LogP contribution in [0, 0.1) is 0 Å². The van der Waals surface area contributed by atoms with Crippen molar-refractivity contribution in [2.75, 3.05) is 19.7 Å². The number of carbonyl (C=O) groups is 1. The van der Waals surface area contributed by atoms with Gasteiger partial charge in [0.2, 0.25) is 12.0 Å². The van der Waals surface area contributed by atoms with Gasteiger partial charge in [0.05, 0.1) is 6.54 Å². The number of aromatic nitrogens is 1. The zero-order valence-corrected chi connectivity index (χ0v) is 13.1. The van der Waals surface area contributed by atoms with E-state index >= 15 is 0 Å². The third-order valence-electron chi connectivity index (χ3n) is 4.17. The largest absolute Gasteiger partial charge is 0.485 e. The van der Waals surface area contributed by atoms with Gasteiger partial charge in [-0.3, -0.25) is 4.79 Å². The Morgan fingerprint density at radius 3 is 2.83 bits per heavy atom. The number of pyridine rings is 1. The van der Waals surface area contributed by atoms with Crippen LogP contribution >= 0.6 is 0 Å². The van der Waals surface area contributed by atoms with Gasteiger partial charge in [0, 0.05) is 25.2 Å². The van der Waals surface area contributed by atoms with Crippen molar-refractivity contribution < 1.29 is 19.0 Å². The number of nitrogens with zero attached hydrogens (tertiary/aromatic N) is 2. The van der Waals surface area contributed by atoms with Crippen LogP contribution in [-0.2, 0) is 4.79 Å². The first-order valence-corrected chi connectivity index (χ1v) is 8.04. The van der Waals surface area contributed by atoms with Gasteiger partial charge in [-0.25, -0.2) is 4.98 Å². The molecule has 2 aliphatic heterocycles. The summed E-state index contributed by atoms with van der Waals surface area (Å²) in [6.45, 7) is 1.42. The molecular weight excluding hydrogens is 308 g/mol. The fourth-order valence-corrected chi connectivity index (χ4v) is 2.96. The summed E-state index contributed by atoms with van der Waals surface area (Å²) in [5.74, 6) is 1.82. The minimum atomic E-state index is -0.603. The van der Waals surface area contributed by atoms with Gasteiger partial charge in [-0.05, 0) is 18.2 Å². The minimum Gasteiger partial charge on any atom is -0.485 e. The molecule has 0 radical (unpaired) electrons. The fraction of sp³-hybridized carbons (Fsp3) is 0.333. The summed E-state index contributed by atoms with van der Waals surface area (Å²) in [5.41, 5.74) is 0. The van der Waals surface area contributed by atoms with Crippen molar-refractivity contribution in [1.82, 2.24) is 9.88 Å². The summed E-state index contributed by atoms with van der Waals surface area (Å²) >= 11 is 0. The maximum Gasteiger partial charge on any atom is 0.267 e. The van der Waals surface area contributed by atoms with E-state index in [1.807, 2.05) is 42.5 Å². The molecule has 1 aromatic heterocycles. The zero-order valence-electron chi connectivity index (χ0n) is 13.1. The maximum absolute atomic E-state index is 12.7. The van der Waals surface area contributed by atoms with Gasteiger partial charge in [-0.1, -0.05) is 18.2 Å². The lowest BCUT2D eigenvalue weighted by molar-refractivity contribution is -0.140. The van der Waals surface area contributed by atoms with Crippen LogP contribution in [0.1, 0.15) is 6.42 Å². The molecule has 2 atom stereocenters. The lowest BCUT2D eigenvalue weighted by atomic mass is 10.2. The van der Waals surface area contributed by atoms with E-state index in [0.29, 0.717) is 30.5 Å². The second-order valence-corrected chi connectivity index (χ2v) is 5.84. The molecule has 2 aromatic rings. The number of hydrogen-bond donors (Lipinski definition) is 0. The van der Waals surface area contributed by atoms with Crippen molar-refractivity contribution in [1.29, 1.82) is 0 Å².